The number of ether oxygens (including phenoxy) is 1. The summed E-state index contributed by atoms with van der Waals surface area (Å²) in [7, 11) is 0. The molecular formula is C18H14N6O3. The first-order valence-corrected chi connectivity index (χ1v) is 8.03. The first-order valence-electron chi connectivity index (χ1n) is 8.03. The second-order valence-electron chi connectivity index (χ2n) is 5.52. The van der Waals surface area contributed by atoms with Gasteiger partial charge in [-0.05, 0) is 37.3 Å². The summed E-state index contributed by atoms with van der Waals surface area (Å²) < 4.78 is 12.2. The van der Waals surface area contributed by atoms with Crippen LogP contribution in [0.25, 0.3) is 5.82 Å². The molecule has 0 aliphatic heterocycles. The number of hydrogen-bond acceptors (Lipinski definition) is 7. The van der Waals surface area contributed by atoms with Crippen molar-refractivity contribution in [3.8, 4) is 17.4 Å². The van der Waals surface area contributed by atoms with Gasteiger partial charge in [-0.15, -0.1) is 0 Å². The molecule has 1 amide bonds. The van der Waals surface area contributed by atoms with E-state index >= 15 is 0 Å². The third kappa shape index (κ3) is 3.82. The zero-order valence-corrected chi connectivity index (χ0v) is 14.2. The van der Waals surface area contributed by atoms with Crippen LogP contribution >= 0.6 is 0 Å². The third-order valence-corrected chi connectivity index (χ3v) is 3.54. The lowest BCUT2D eigenvalue weighted by Crippen LogP contribution is -2.10. The van der Waals surface area contributed by atoms with E-state index in [0.29, 0.717) is 29.0 Å². The van der Waals surface area contributed by atoms with Crippen LogP contribution in [0.3, 0.4) is 0 Å². The Morgan fingerprint density at radius 3 is 2.70 bits per heavy atom. The average molecular weight is 362 g/mol. The molecule has 4 aromatic rings. The van der Waals surface area contributed by atoms with E-state index in [-0.39, 0.29) is 11.7 Å². The zero-order chi connectivity index (χ0) is 18.6. The Morgan fingerprint density at radius 1 is 1.15 bits per heavy atom. The maximum absolute atomic E-state index is 11.9. The van der Waals surface area contributed by atoms with Crippen molar-refractivity contribution < 1.29 is 14.1 Å². The summed E-state index contributed by atoms with van der Waals surface area (Å²) in [5, 5.41) is 10.4. The Hall–Kier alpha value is -4.01. The summed E-state index contributed by atoms with van der Waals surface area (Å²) in [6, 6.07) is 11.9. The molecule has 0 spiro atoms. The molecule has 0 aliphatic rings. The SMILES string of the molecule is Cc1nc(Oc2ccc(NC(=O)c3ccno3)cc2)cc(-n2cccn2)n1. The van der Waals surface area contributed by atoms with Gasteiger partial charge in [0.1, 0.15) is 11.6 Å². The van der Waals surface area contributed by atoms with Gasteiger partial charge in [0.25, 0.3) is 5.91 Å². The molecule has 0 aliphatic carbocycles. The number of aryl methyl sites for hydroxylation is 1. The topological polar surface area (TPSA) is 108 Å². The predicted molar refractivity (Wildman–Crippen MR) is 94.9 cm³/mol. The van der Waals surface area contributed by atoms with E-state index in [2.05, 4.69) is 25.5 Å². The van der Waals surface area contributed by atoms with Crippen molar-refractivity contribution >= 4 is 11.6 Å². The van der Waals surface area contributed by atoms with Crippen LogP contribution in [-0.2, 0) is 0 Å². The van der Waals surface area contributed by atoms with Gasteiger partial charge in [0.15, 0.2) is 5.82 Å². The Kier molecular flexibility index (Phi) is 4.32. The monoisotopic (exact) mass is 362 g/mol. The van der Waals surface area contributed by atoms with E-state index in [4.69, 9.17) is 9.26 Å². The lowest BCUT2D eigenvalue weighted by molar-refractivity contribution is 0.0988. The zero-order valence-electron chi connectivity index (χ0n) is 14.2. The minimum atomic E-state index is -0.378. The maximum Gasteiger partial charge on any atom is 0.294 e. The van der Waals surface area contributed by atoms with Crippen molar-refractivity contribution in [2.75, 3.05) is 5.32 Å². The van der Waals surface area contributed by atoms with E-state index in [9.17, 15) is 4.79 Å². The molecule has 27 heavy (non-hydrogen) atoms. The van der Waals surface area contributed by atoms with Crippen LogP contribution in [0.5, 0.6) is 11.6 Å². The molecule has 0 bridgehead atoms. The van der Waals surface area contributed by atoms with Crippen LogP contribution in [0, 0.1) is 6.92 Å². The van der Waals surface area contributed by atoms with Crippen LogP contribution in [0.1, 0.15) is 16.4 Å². The van der Waals surface area contributed by atoms with Crippen molar-refractivity contribution in [3.05, 3.63) is 72.6 Å². The molecule has 9 nitrogen and oxygen atoms in total. The molecule has 0 unspecified atom stereocenters. The predicted octanol–water partition coefficient (Wildman–Crippen LogP) is 3.00. The lowest BCUT2D eigenvalue weighted by atomic mass is 10.3. The van der Waals surface area contributed by atoms with Gasteiger partial charge in [0, 0.05) is 30.2 Å². The molecule has 1 aromatic carbocycles. The molecule has 0 fully saturated rings. The van der Waals surface area contributed by atoms with Gasteiger partial charge in [-0.3, -0.25) is 4.79 Å². The highest BCUT2D eigenvalue weighted by Crippen LogP contribution is 2.23. The second-order valence-corrected chi connectivity index (χ2v) is 5.52. The number of rotatable bonds is 5. The van der Waals surface area contributed by atoms with E-state index < -0.39 is 0 Å². The summed E-state index contributed by atoms with van der Waals surface area (Å²) >= 11 is 0. The minimum Gasteiger partial charge on any atom is -0.439 e. The first-order chi connectivity index (χ1) is 13.2. The number of aromatic nitrogens is 5. The molecule has 0 saturated carbocycles. The Bertz CT molecular complexity index is 1040. The van der Waals surface area contributed by atoms with Gasteiger partial charge < -0.3 is 14.6 Å². The molecule has 0 radical (unpaired) electrons. The first kappa shape index (κ1) is 16.5. The van der Waals surface area contributed by atoms with E-state index in [1.807, 2.05) is 6.07 Å². The molecule has 0 saturated heterocycles. The highest BCUT2D eigenvalue weighted by Gasteiger charge is 2.10. The second kappa shape index (κ2) is 7.08. The van der Waals surface area contributed by atoms with Crippen LogP contribution in [0.15, 0.2) is 65.6 Å². The van der Waals surface area contributed by atoms with Gasteiger partial charge in [-0.1, -0.05) is 5.16 Å². The minimum absolute atomic E-state index is 0.137. The number of hydrogen-bond donors (Lipinski definition) is 1. The van der Waals surface area contributed by atoms with Crippen LogP contribution in [0.4, 0.5) is 5.69 Å². The fraction of sp³-hybridized carbons (Fsp3) is 0.0556. The van der Waals surface area contributed by atoms with Crippen molar-refractivity contribution in [3.63, 3.8) is 0 Å². The number of nitrogens with one attached hydrogen (secondary N) is 1. The van der Waals surface area contributed by atoms with Gasteiger partial charge in [-0.2, -0.15) is 10.1 Å². The van der Waals surface area contributed by atoms with Gasteiger partial charge in [0.05, 0.1) is 6.20 Å². The Labute approximate surface area is 153 Å². The maximum atomic E-state index is 11.9. The molecule has 3 heterocycles. The van der Waals surface area contributed by atoms with Gasteiger partial charge >= 0.3 is 0 Å². The quantitative estimate of drug-likeness (QED) is 0.581. The van der Waals surface area contributed by atoms with Gasteiger partial charge in [-0.25, -0.2) is 9.67 Å². The summed E-state index contributed by atoms with van der Waals surface area (Å²) in [6.07, 6.45) is 4.87. The fourth-order valence-corrected chi connectivity index (χ4v) is 2.35. The molecule has 134 valence electrons. The molecule has 9 heteroatoms. The smallest absolute Gasteiger partial charge is 0.294 e. The van der Waals surface area contributed by atoms with Crippen LogP contribution < -0.4 is 10.1 Å². The molecule has 1 N–H and O–H groups in total. The standard InChI is InChI=1S/C18H14N6O3/c1-12-21-16(24-10-2-8-19-24)11-17(22-12)26-14-5-3-13(4-6-14)23-18(25)15-7-9-20-27-15/h2-11H,1H3,(H,23,25). The van der Waals surface area contributed by atoms with Crippen molar-refractivity contribution in [1.82, 2.24) is 24.9 Å². The highest BCUT2D eigenvalue weighted by atomic mass is 16.5. The molecular weight excluding hydrogens is 348 g/mol. The Morgan fingerprint density at radius 2 is 2.00 bits per heavy atom. The number of benzene rings is 1. The number of nitrogens with zero attached hydrogens (tertiary/aromatic N) is 5. The van der Waals surface area contributed by atoms with E-state index in [1.165, 1.54) is 12.3 Å². The van der Waals surface area contributed by atoms with Gasteiger partial charge in [0.2, 0.25) is 11.6 Å². The molecule has 4 rings (SSSR count). The fourth-order valence-electron chi connectivity index (χ4n) is 2.35. The van der Waals surface area contributed by atoms with Crippen molar-refractivity contribution in [2.24, 2.45) is 0 Å². The van der Waals surface area contributed by atoms with E-state index in [1.54, 1.807) is 54.3 Å². The largest absolute Gasteiger partial charge is 0.439 e. The highest BCUT2D eigenvalue weighted by molar-refractivity contribution is 6.02. The normalized spacial score (nSPS) is 10.6. The van der Waals surface area contributed by atoms with Crippen molar-refractivity contribution in [1.29, 1.82) is 0 Å². The summed E-state index contributed by atoms with van der Waals surface area (Å²) in [5.41, 5.74) is 0.597. The van der Waals surface area contributed by atoms with Crippen LogP contribution in [0.2, 0.25) is 0 Å². The summed E-state index contributed by atoms with van der Waals surface area (Å²) in [6.45, 7) is 1.78. The molecule has 0 atom stereocenters. The summed E-state index contributed by atoms with van der Waals surface area (Å²) in [4.78, 5) is 20.6. The Balaban J connectivity index is 1.48. The van der Waals surface area contributed by atoms with E-state index in [0.717, 1.165) is 0 Å². The average Bonchev–Trinajstić information content (AvgIpc) is 3.37. The molecule has 3 aromatic heterocycles. The summed E-state index contributed by atoms with van der Waals surface area (Å²) in [5.74, 6) is 1.89. The number of carbonyl (C=O) groups is 1. The van der Waals surface area contributed by atoms with Crippen LogP contribution in [-0.4, -0.2) is 30.8 Å². The lowest BCUT2D eigenvalue weighted by Gasteiger charge is -2.09. The number of amides is 1. The van der Waals surface area contributed by atoms with Crippen molar-refractivity contribution in [2.45, 2.75) is 6.92 Å². The number of carbonyl (C=O) groups excluding carboxylic acids is 1. The third-order valence-electron chi connectivity index (χ3n) is 3.54. The number of anilines is 1.